The fourth-order valence-corrected chi connectivity index (χ4v) is 1.21. The van der Waals surface area contributed by atoms with Crippen LogP contribution in [-0.4, -0.2) is 12.6 Å². The topological polar surface area (TPSA) is 46.2 Å². The molecule has 1 aromatic heterocycles. The summed E-state index contributed by atoms with van der Waals surface area (Å²) < 4.78 is 0. The molecule has 0 bridgehead atoms. The van der Waals surface area contributed by atoms with Crippen molar-refractivity contribution in [1.82, 2.24) is 0 Å². The second-order valence-electron chi connectivity index (χ2n) is 2.04. The van der Waals surface area contributed by atoms with E-state index in [0.717, 1.165) is 5.69 Å². The first-order valence-electron chi connectivity index (χ1n) is 3.26. The first kappa shape index (κ1) is 8.67. The summed E-state index contributed by atoms with van der Waals surface area (Å²) in [4.78, 5) is 20.3. The van der Waals surface area contributed by atoms with Crippen LogP contribution in [0.3, 0.4) is 0 Å². The molecule has 3 nitrogen and oxygen atoms in total. The van der Waals surface area contributed by atoms with Crippen molar-refractivity contribution < 1.29 is 9.59 Å². The molecular formula is C8H7NO2S. The Kier molecular flexibility index (Phi) is 3.22. The standard InChI is InChI=1S/C8H7NO2S/c10-4-7(5-11)3-9-8-1-2-12-6-8/h1-6,9H. The predicted molar refractivity (Wildman–Crippen MR) is 48.2 cm³/mol. The highest BCUT2D eigenvalue weighted by Gasteiger charge is 1.91. The van der Waals surface area contributed by atoms with Gasteiger partial charge >= 0.3 is 0 Å². The normalized spacial score (nSPS) is 8.67. The fourth-order valence-electron chi connectivity index (χ4n) is 0.609. The van der Waals surface area contributed by atoms with Crippen LogP contribution in [0.5, 0.6) is 0 Å². The van der Waals surface area contributed by atoms with E-state index in [-0.39, 0.29) is 5.57 Å². The second kappa shape index (κ2) is 4.46. The lowest BCUT2D eigenvalue weighted by Gasteiger charge is -1.93. The molecule has 0 amide bonds. The van der Waals surface area contributed by atoms with Gasteiger partial charge in [-0.1, -0.05) is 0 Å². The summed E-state index contributed by atoms with van der Waals surface area (Å²) in [5.74, 6) is 0. The molecule has 12 heavy (non-hydrogen) atoms. The zero-order chi connectivity index (χ0) is 8.81. The van der Waals surface area contributed by atoms with Crippen molar-refractivity contribution in [3.8, 4) is 0 Å². The molecule has 0 aliphatic rings. The molecule has 0 saturated carbocycles. The summed E-state index contributed by atoms with van der Waals surface area (Å²) in [5, 5.41) is 6.59. The van der Waals surface area contributed by atoms with E-state index in [2.05, 4.69) is 5.32 Å². The predicted octanol–water partition coefficient (Wildman–Crippen LogP) is 1.44. The maximum absolute atomic E-state index is 10.2. The molecule has 4 heteroatoms. The van der Waals surface area contributed by atoms with Gasteiger partial charge in [0.25, 0.3) is 0 Å². The fraction of sp³-hybridized carbons (Fsp3) is 0. The number of carbonyl (C=O) groups excluding carboxylic acids is 2. The molecule has 1 N–H and O–H groups in total. The summed E-state index contributed by atoms with van der Waals surface area (Å²) in [7, 11) is 0. The van der Waals surface area contributed by atoms with Gasteiger partial charge in [-0.2, -0.15) is 11.3 Å². The van der Waals surface area contributed by atoms with E-state index >= 15 is 0 Å². The van der Waals surface area contributed by atoms with Gasteiger partial charge in [0.2, 0.25) is 0 Å². The summed E-state index contributed by atoms with van der Waals surface area (Å²) in [6.07, 6.45) is 2.39. The summed E-state index contributed by atoms with van der Waals surface area (Å²) in [5.41, 5.74) is 0.974. The van der Waals surface area contributed by atoms with Gasteiger partial charge in [-0.15, -0.1) is 0 Å². The lowest BCUT2D eigenvalue weighted by molar-refractivity contribution is -0.109. The highest BCUT2D eigenvalue weighted by molar-refractivity contribution is 7.08. The van der Waals surface area contributed by atoms with E-state index in [1.54, 1.807) is 0 Å². The Bertz CT molecular complexity index is 280. The first-order valence-corrected chi connectivity index (χ1v) is 4.20. The van der Waals surface area contributed by atoms with Gasteiger partial charge in [-0.25, -0.2) is 0 Å². The molecule has 0 aromatic carbocycles. The number of aldehydes is 2. The van der Waals surface area contributed by atoms with Crippen molar-refractivity contribution >= 4 is 29.6 Å². The molecule has 1 heterocycles. The molecule has 0 spiro atoms. The van der Waals surface area contributed by atoms with E-state index < -0.39 is 0 Å². The van der Waals surface area contributed by atoms with E-state index in [4.69, 9.17) is 0 Å². The monoisotopic (exact) mass is 181 g/mol. The molecule has 1 rings (SSSR count). The average molecular weight is 181 g/mol. The molecular weight excluding hydrogens is 174 g/mol. The molecule has 0 fully saturated rings. The zero-order valence-electron chi connectivity index (χ0n) is 6.19. The Hall–Kier alpha value is -1.42. The van der Waals surface area contributed by atoms with Crippen molar-refractivity contribution in [1.29, 1.82) is 0 Å². The van der Waals surface area contributed by atoms with Crippen LogP contribution in [0.2, 0.25) is 0 Å². The van der Waals surface area contributed by atoms with E-state index in [1.165, 1.54) is 17.5 Å². The third-order valence-electron chi connectivity index (χ3n) is 1.20. The Morgan fingerprint density at radius 2 is 2.17 bits per heavy atom. The smallest absolute Gasteiger partial charge is 0.154 e. The molecule has 0 atom stereocenters. The lowest BCUT2D eigenvalue weighted by atomic mass is 10.3. The number of anilines is 1. The van der Waals surface area contributed by atoms with Gasteiger partial charge in [-0.05, 0) is 11.4 Å². The van der Waals surface area contributed by atoms with E-state index in [9.17, 15) is 9.59 Å². The Morgan fingerprint density at radius 3 is 2.67 bits per heavy atom. The molecule has 0 aliphatic carbocycles. The average Bonchev–Trinajstić information content (AvgIpc) is 2.59. The highest BCUT2D eigenvalue weighted by Crippen LogP contribution is 2.11. The molecule has 0 radical (unpaired) electrons. The van der Waals surface area contributed by atoms with Crippen LogP contribution in [-0.2, 0) is 9.59 Å². The largest absolute Gasteiger partial charge is 0.360 e. The maximum Gasteiger partial charge on any atom is 0.154 e. The number of thiophene rings is 1. The highest BCUT2D eigenvalue weighted by atomic mass is 32.1. The van der Waals surface area contributed by atoms with Crippen molar-refractivity contribution in [2.75, 3.05) is 5.32 Å². The van der Waals surface area contributed by atoms with Crippen molar-refractivity contribution in [2.24, 2.45) is 0 Å². The van der Waals surface area contributed by atoms with Crippen LogP contribution in [0.25, 0.3) is 0 Å². The first-order chi connectivity index (χ1) is 5.86. The minimum atomic E-state index is 0.0983. The number of hydrogen-bond donors (Lipinski definition) is 1. The van der Waals surface area contributed by atoms with Crippen LogP contribution in [0.1, 0.15) is 0 Å². The number of allylic oxidation sites excluding steroid dienone is 1. The Balaban J connectivity index is 2.59. The molecule has 62 valence electrons. The number of hydrogen-bond acceptors (Lipinski definition) is 4. The van der Waals surface area contributed by atoms with Crippen LogP contribution in [0.15, 0.2) is 28.6 Å². The van der Waals surface area contributed by atoms with Crippen LogP contribution >= 0.6 is 11.3 Å². The quantitative estimate of drug-likeness (QED) is 0.331. The third kappa shape index (κ3) is 2.32. The van der Waals surface area contributed by atoms with Crippen molar-refractivity contribution in [3.63, 3.8) is 0 Å². The third-order valence-corrected chi connectivity index (χ3v) is 1.88. The van der Waals surface area contributed by atoms with Gasteiger partial charge in [0.05, 0.1) is 5.57 Å². The van der Waals surface area contributed by atoms with Gasteiger partial charge in [0.1, 0.15) is 0 Å². The molecule has 0 unspecified atom stereocenters. The number of nitrogens with one attached hydrogen (secondary N) is 1. The van der Waals surface area contributed by atoms with Crippen molar-refractivity contribution in [3.05, 3.63) is 28.6 Å². The van der Waals surface area contributed by atoms with Gasteiger partial charge in [0.15, 0.2) is 12.6 Å². The lowest BCUT2D eigenvalue weighted by Crippen LogP contribution is -1.92. The zero-order valence-corrected chi connectivity index (χ0v) is 7.01. The van der Waals surface area contributed by atoms with Crippen LogP contribution < -0.4 is 5.32 Å². The van der Waals surface area contributed by atoms with Crippen LogP contribution in [0.4, 0.5) is 5.69 Å². The molecule has 1 aromatic rings. The second-order valence-corrected chi connectivity index (χ2v) is 2.82. The summed E-state index contributed by atoms with van der Waals surface area (Å²) in [6.45, 7) is 0. The van der Waals surface area contributed by atoms with Gasteiger partial charge < -0.3 is 5.32 Å². The number of carbonyl (C=O) groups is 2. The van der Waals surface area contributed by atoms with Gasteiger partial charge in [0, 0.05) is 17.3 Å². The summed E-state index contributed by atoms with van der Waals surface area (Å²) in [6, 6.07) is 1.86. The van der Waals surface area contributed by atoms with Gasteiger partial charge in [-0.3, -0.25) is 9.59 Å². The van der Waals surface area contributed by atoms with Crippen LogP contribution in [0, 0.1) is 0 Å². The van der Waals surface area contributed by atoms with E-state index in [1.807, 2.05) is 16.8 Å². The minimum absolute atomic E-state index is 0.0983. The molecule has 0 aliphatic heterocycles. The number of rotatable bonds is 4. The van der Waals surface area contributed by atoms with Crippen molar-refractivity contribution in [2.45, 2.75) is 0 Å². The minimum Gasteiger partial charge on any atom is -0.360 e. The van der Waals surface area contributed by atoms with E-state index in [0.29, 0.717) is 12.6 Å². The Labute approximate surface area is 73.7 Å². The SMILES string of the molecule is O=CC(C=O)=CNc1ccsc1. The summed E-state index contributed by atoms with van der Waals surface area (Å²) >= 11 is 1.54. The molecule has 0 saturated heterocycles. The Morgan fingerprint density at radius 1 is 1.42 bits per heavy atom. The maximum atomic E-state index is 10.2.